The Bertz CT molecular complexity index is 314. The number of rotatable bonds is 8. The van der Waals surface area contributed by atoms with Crippen LogP contribution in [-0.2, 0) is 0 Å². The molecule has 1 rings (SSSR count). The van der Waals surface area contributed by atoms with Crippen LogP contribution in [0.2, 0.25) is 0 Å². The fourth-order valence-corrected chi connectivity index (χ4v) is 4.91. The van der Waals surface area contributed by atoms with Crippen molar-refractivity contribution in [2.45, 2.75) is 52.4 Å². The van der Waals surface area contributed by atoms with Crippen LogP contribution in [0, 0.1) is 0 Å². The Labute approximate surface area is 117 Å². The van der Waals surface area contributed by atoms with Gasteiger partial charge >= 0.3 is 117 Å². The molecule has 0 aliphatic heterocycles. The maximum atomic E-state index is 2.47. The van der Waals surface area contributed by atoms with Crippen molar-refractivity contribution < 1.29 is 0 Å². The van der Waals surface area contributed by atoms with Gasteiger partial charge in [0.1, 0.15) is 0 Å². The van der Waals surface area contributed by atoms with Gasteiger partial charge in [0.2, 0.25) is 0 Å². The fourth-order valence-electron chi connectivity index (χ4n) is 1.79. The minimum atomic E-state index is -0.0970. The number of benzene rings is 1. The second-order valence-electron chi connectivity index (χ2n) is 4.30. The first-order valence-corrected chi connectivity index (χ1v) is 9.11. The summed E-state index contributed by atoms with van der Waals surface area (Å²) < 4.78 is 3.33. The number of hydrogen-bond acceptors (Lipinski definition) is 0. The van der Waals surface area contributed by atoms with E-state index < -0.39 is 0 Å². The third kappa shape index (κ3) is 6.92. The van der Waals surface area contributed by atoms with Crippen LogP contribution in [0.25, 0.3) is 0 Å². The summed E-state index contributed by atoms with van der Waals surface area (Å²) in [6, 6.07) is 11.0. The van der Waals surface area contributed by atoms with Gasteiger partial charge in [-0.15, -0.1) is 0 Å². The molecule has 1 aromatic rings. The van der Waals surface area contributed by atoms with E-state index in [0.717, 1.165) is 0 Å². The Morgan fingerprint density at radius 2 is 1.82 bits per heavy atom. The SMILES string of the molecule is CC/C=C(\CCCCCC)[Te]c1ccccc1. The average molecular weight is 344 g/mol. The topological polar surface area (TPSA) is 0 Å². The molecule has 0 unspecified atom stereocenters. The normalized spacial score (nSPS) is 11.8. The summed E-state index contributed by atoms with van der Waals surface area (Å²) in [6.07, 6.45) is 10.5. The first-order chi connectivity index (χ1) is 8.36. The van der Waals surface area contributed by atoms with Crippen LogP contribution in [0.4, 0.5) is 0 Å². The Balaban J connectivity index is 2.41. The molecular formula is C16H24Te. The zero-order valence-electron chi connectivity index (χ0n) is 11.1. The molecular weight excluding hydrogens is 320 g/mol. The molecule has 0 aliphatic rings. The zero-order valence-corrected chi connectivity index (χ0v) is 13.4. The van der Waals surface area contributed by atoms with E-state index in [1.165, 1.54) is 38.5 Å². The molecule has 0 fully saturated rings. The monoisotopic (exact) mass is 346 g/mol. The second kappa shape index (κ2) is 9.75. The summed E-state index contributed by atoms with van der Waals surface area (Å²) in [5.74, 6) is 0. The first kappa shape index (κ1) is 14.8. The van der Waals surface area contributed by atoms with E-state index in [1.807, 2.05) is 0 Å². The van der Waals surface area contributed by atoms with Gasteiger partial charge in [0.05, 0.1) is 0 Å². The van der Waals surface area contributed by atoms with Gasteiger partial charge in [-0.3, -0.25) is 0 Å². The Morgan fingerprint density at radius 1 is 1.06 bits per heavy atom. The van der Waals surface area contributed by atoms with Crippen molar-refractivity contribution >= 4 is 24.5 Å². The van der Waals surface area contributed by atoms with E-state index in [-0.39, 0.29) is 20.9 Å². The van der Waals surface area contributed by atoms with Gasteiger partial charge in [-0.1, -0.05) is 0 Å². The number of unbranched alkanes of at least 4 members (excludes halogenated alkanes) is 3. The molecule has 0 bridgehead atoms. The summed E-state index contributed by atoms with van der Waals surface area (Å²) in [6.45, 7) is 4.53. The second-order valence-corrected chi connectivity index (χ2v) is 7.73. The van der Waals surface area contributed by atoms with Crippen LogP contribution in [0.15, 0.2) is 40.0 Å². The molecule has 0 heterocycles. The summed E-state index contributed by atoms with van der Waals surface area (Å²) >= 11 is -0.0970. The Hall–Kier alpha value is -0.250. The Kier molecular flexibility index (Phi) is 8.49. The maximum absolute atomic E-state index is 2.47. The fraction of sp³-hybridized carbons (Fsp3) is 0.500. The van der Waals surface area contributed by atoms with Crippen LogP contribution in [0.5, 0.6) is 0 Å². The van der Waals surface area contributed by atoms with Crippen LogP contribution in [0.1, 0.15) is 52.4 Å². The summed E-state index contributed by atoms with van der Waals surface area (Å²) in [5, 5.41) is 0. The average Bonchev–Trinajstić information content (AvgIpc) is 2.36. The molecule has 1 heteroatoms. The molecule has 0 nitrogen and oxygen atoms in total. The number of hydrogen-bond donors (Lipinski definition) is 0. The van der Waals surface area contributed by atoms with Crippen molar-refractivity contribution in [3.05, 3.63) is 40.0 Å². The van der Waals surface area contributed by atoms with E-state index in [2.05, 4.69) is 50.3 Å². The van der Waals surface area contributed by atoms with Gasteiger partial charge in [-0.05, 0) is 0 Å². The zero-order chi connectivity index (χ0) is 12.3. The Morgan fingerprint density at radius 3 is 2.47 bits per heavy atom. The first-order valence-electron chi connectivity index (χ1n) is 6.78. The predicted molar refractivity (Wildman–Crippen MR) is 79.0 cm³/mol. The molecule has 0 amide bonds. The summed E-state index contributed by atoms with van der Waals surface area (Å²) in [5.41, 5.74) is 0. The van der Waals surface area contributed by atoms with Gasteiger partial charge in [0, 0.05) is 0 Å². The molecule has 0 aromatic heterocycles. The van der Waals surface area contributed by atoms with Crippen molar-refractivity contribution in [3.63, 3.8) is 0 Å². The van der Waals surface area contributed by atoms with Gasteiger partial charge in [-0.2, -0.15) is 0 Å². The summed E-state index contributed by atoms with van der Waals surface area (Å²) in [7, 11) is 0. The van der Waals surface area contributed by atoms with Crippen LogP contribution < -0.4 is 3.61 Å². The molecule has 0 radical (unpaired) electrons. The van der Waals surface area contributed by atoms with Crippen molar-refractivity contribution in [2.75, 3.05) is 0 Å². The molecule has 0 saturated carbocycles. The quantitative estimate of drug-likeness (QED) is 0.488. The van der Waals surface area contributed by atoms with Crippen molar-refractivity contribution in [2.24, 2.45) is 0 Å². The predicted octanol–water partition coefficient (Wildman–Crippen LogP) is 4.28. The standard InChI is InChI=1S/C16H24Te/c1-3-5-6-8-12-15(11-4-2)17-16-13-9-7-10-14-16/h7,9-11,13-14H,3-6,8,12H2,1-2H3/b15-11+. The summed E-state index contributed by atoms with van der Waals surface area (Å²) in [4.78, 5) is 0. The molecule has 17 heavy (non-hydrogen) atoms. The van der Waals surface area contributed by atoms with E-state index >= 15 is 0 Å². The van der Waals surface area contributed by atoms with Crippen LogP contribution in [-0.4, -0.2) is 20.9 Å². The molecule has 0 atom stereocenters. The third-order valence-corrected chi connectivity index (χ3v) is 5.96. The van der Waals surface area contributed by atoms with E-state index in [9.17, 15) is 0 Å². The van der Waals surface area contributed by atoms with Gasteiger partial charge < -0.3 is 0 Å². The molecule has 0 N–H and O–H groups in total. The van der Waals surface area contributed by atoms with Crippen LogP contribution >= 0.6 is 0 Å². The van der Waals surface area contributed by atoms with E-state index in [0.29, 0.717) is 0 Å². The van der Waals surface area contributed by atoms with Crippen molar-refractivity contribution in [1.82, 2.24) is 0 Å². The van der Waals surface area contributed by atoms with Gasteiger partial charge in [0.15, 0.2) is 0 Å². The van der Waals surface area contributed by atoms with E-state index in [1.54, 1.807) is 7.23 Å². The van der Waals surface area contributed by atoms with Gasteiger partial charge in [0.25, 0.3) is 0 Å². The minimum absolute atomic E-state index is 0.0970. The molecule has 0 spiro atoms. The number of allylic oxidation sites excluding steroid dienone is 2. The molecule has 0 aliphatic carbocycles. The molecule has 94 valence electrons. The van der Waals surface area contributed by atoms with Crippen molar-refractivity contribution in [1.29, 1.82) is 0 Å². The molecule has 0 saturated heterocycles. The van der Waals surface area contributed by atoms with Gasteiger partial charge in [-0.25, -0.2) is 0 Å². The third-order valence-electron chi connectivity index (χ3n) is 2.70. The van der Waals surface area contributed by atoms with Crippen molar-refractivity contribution in [3.8, 4) is 0 Å². The van der Waals surface area contributed by atoms with E-state index in [4.69, 9.17) is 0 Å². The van der Waals surface area contributed by atoms with Crippen LogP contribution in [0.3, 0.4) is 0 Å². The molecule has 1 aromatic carbocycles.